The van der Waals surface area contributed by atoms with Crippen molar-refractivity contribution >= 4 is 0 Å². The maximum absolute atomic E-state index is 10.5. The minimum atomic E-state index is -0.202. The number of allylic oxidation sites excluding steroid dienone is 1. The average Bonchev–Trinajstić information content (AvgIpc) is 2.76. The quantitative estimate of drug-likeness (QED) is 0.668. The zero-order valence-electron chi connectivity index (χ0n) is 13.5. The standard InChI is InChI=1S/C19H30O2/c1-18-9-7-13(20)11-12(18)3-4-14-15-5-6-17(21)19(15,2)10-8-16(14)18/h11,13-17,20-21H,3-10H2,1-2H3/t13-,14-,15-,16-,17-,18-,19-/m0/s1. The van der Waals surface area contributed by atoms with Crippen LogP contribution >= 0.6 is 0 Å². The van der Waals surface area contributed by atoms with Crippen molar-refractivity contribution < 1.29 is 10.2 Å². The second-order valence-electron chi connectivity index (χ2n) is 8.77. The van der Waals surface area contributed by atoms with E-state index in [2.05, 4.69) is 19.9 Å². The average molecular weight is 290 g/mol. The van der Waals surface area contributed by atoms with E-state index in [-0.39, 0.29) is 17.6 Å². The fraction of sp³-hybridized carbons (Fsp3) is 0.895. The van der Waals surface area contributed by atoms with Gasteiger partial charge in [0.15, 0.2) is 0 Å². The first-order valence-electron chi connectivity index (χ1n) is 9.02. The van der Waals surface area contributed by atoms with Gasteiger partial charge in [-0.15, -0.1) is 0 Å². The SMILES string of the molecule is C[C@]12CC[C@H]3[C@@H](CCC4=C[C@@H](O)CC[C@@]43C)[C@@H]1CC[C@@H]2O. The predicted octanol–water partition coefficient (Wildman–Crippen LogP) is 3.67. The smallest absolute Gasteiger partial charge is 0.0724 e. The largest absolute Gasteiger partial charge is 0.393 e. The van der Waals surface area contributed by atoms with Gasteiger partial charge in [-0.1, -0.05) is 25.5 Å². The first-order valence-corrected chi connectivity index (χ1v) is 9.02. The van der Waals surface area contributed by atoms with Crippen LogP contribution in [0.1, 0.15) is 65.2 Å². The van der Waals surface area contributed by atoms with E-state index < -0.39 is 0 Å². The van der Waals surface area contributed by atoms with E-state index >= 15 is 0 Å². The van der Waals surface area contributed by atoms with Gasteiger partial charge >= 0.3 is 0 Å². The van der Waals surface area contributed by atoms with E-state index in [1.165, 1.54) is 32.1 Å². The predicted molar refractivity (Wildman–Crippen MR) is 83.7 cm³/mol. The van der Waals surface area contributed by atoms with Gasteiger partial charge in [-0.2, -0.15) is 0 Å². The monoisotopic (exact) mass is 290 g/mol. The molecule has 4 aliphatic rings. The van der Waals surface area contributed by atoms with E-state index in [0.29, 0.717) is 5.41 Å². The van der Waals surface area contributed by atoms with E-state index in [9.17, 15) is 10.2 Å². The van der Waals surface area contributed by atoms with Gasteiger partial charge in [-0.3, -0.25) is 0 Å². The van der Waals surface area contributed by atoms with Crippen LogP contribution in [0, 0.1) is 28.6 Å². The Bertz CT molecular complexity index is 470. The molecule has 0 aromatic rings. The van der Waals surface area contributed by atoms with Gasteiger partial charge < -0.3 is 10.2 Å². The van der Waals surface area contributed by atoms with Crippen molar-refractivity contribution in [3.8, 4) is 0 Å². The Hall–Kier alpha value is -0.340. The van der Waals surface area contributed by atoms with Crippen LogP contribution in [0.4, 0.5) is 0 Å². The molecule has 0 aliphatic heterocycles. The summed E-state index contributed by atoms with van der Waals surface area (Å²) in [4.78, 5) is 0. The number of aliphatic hydroxyl groups excluding tert-OH is 2. The summed E-state index contributed by atoms with van der Waals surface area (Å²) in [6, 6.07) is 0. The second-order valence-corrected chi connectivity index (χ2v) is 8.77. The topological polar surface area (TPSA) is 40.5 Å². The maximum Gasteiger partial charge on any atom is 0.0724 e. The third-order valence-electron chi connectivity index (χ3n) is 8.04. The molecular weight excluding hydrogens is 260 g/mol. The Morgan fingerprint density at radius 1 is 0.952 bits per heavy atom. The minimum absolute atomic E-state index is 0.0682. The molecule has 4 aliphatic carbocycles. The third kappa shape index (κ3) is 1.84. The third-order valence-corrected chi connectivity index (χ3v) is 8.04. The highest BCUT2D eigenvalue weighted by Gasteiger charge is 2.58. The molecule has 0 spiro atoms. The molecule has 2 nitrogen and oxygen atoms in total. The van der Waals surface area contributed by atoms with Gasteiger partial charge in [-0.05, 0) is 80.0 Å². The van der Waals surface area contributed by atoms with Crippen LogP contribution < -0.4 is 0 Å². The molecule has 0 bridgehead atoms. The molecule has 3 fully saturated rings. The summed E-state index contributed by atoms with van der Waals surface area (Å²) in [7, 11) is 0. The van der Waals surface area contributed by atoms with Crippen molar-refractivity contribution in [2.45, 2.75) is 77.4 Å². The van der Waals surface area contributed by atoms with Crippen LogP contribution in [-0.2, 0) is 0 Å². The molecule has 0 aromatic heterocycles. The number of rotatable bonds is 0. The van der Waals surface area contributed by atoms with Crippen LogP contribution in [0.5, 0.6) is 0 Å². The van der Waals surface area contributed by atoms with Crippen LogP contribution in [0.25, 0.3) is 0 Å². The molecule has 0 radical (unpaired) electrons. The molecular formula is C19H30O2. The molecule has 2 heteroatoms. The molecule has 0 unspecified atom stereocenters. The summed E-state index contributed by atoms with van der Waals surface area (Å²) >= 11 is 0. The van der Waals surface area contributed by atoms with Gasteiger partial charge in [0.1, 0.15) is 0 Å². The molecule has 0 heterocycles. The van der Waals surface area contributed by atoms with E-state index in [1.54, 1.807) is 5.57 Å². The van der Waals surface area contributed by atoms with Crippen molar-refractivity contribution in [1.29, 1.82) is 0 Å². The molecule has 21 heavy (non-hydrogen) atoms. The number of hydrogen-bond acceptors (Lipinski definition) is 2. The Morgan fingerprint density at radius 3 is 2.57 bits per heavy atom. The second kappa shape index (κ2) is 4.58. The van der Waals surface area contributed by atoms with Gasteiger partial charge in [0.25, 0.3) is 0 Å². The zero-order chi connectivity index (χ0) is 14.8. The zero-order valence-corrected chi connectivity index (χ0v) is 13.5. The van der Waals surface area contributed by atoms with Crippen LogP contribution in [-0.4, -0.2) is 22.4 Å². The molecule has 118 valence electrons. The molecule has 7 atom stereocenters. The highest BCUT2D eigenvalue weighted by Crippen LogP contribution is 2.65. The van der Waals surface area contributed by atoms with Crippen LogP contribution in [0.15, 0.2) is 11.6 Å². The molecule has 0 saturated heterocycles. The van der Waals surface area contributed by atoms with Crippen molar-refractivity contribution in [2.24, 2.45) is 28.6 Å². The van der Waals surface area contributed by atoms with Gasteiger partial charge in [0.2, 0.25) is 0 Å². The van der Waals surface area contributed by atoms with Gasteiger partial charge in [0, 0.05) is 0 Å². The Labute approximate surface area is 128 Å². The van der Waals surface area contributed by atoms with Crippen molar-refractivity contribution in [3.63, 3.8) is 0 Å². The summed E-state index contributed by atoms with van der Waals surface area (Å²) in [5, 5.41) is 20.4. The maximum atomic E-state index is 10.5. The van der Waals surface area contributed by atoms with Crippen LogP contribution in [0.2, 0.25) is 0 Å². The lowest BCUT2D eigenvalue weighted by Gasteiger charge is -2.58. The first kappa shape index (κ1) is 14.3. The number of hydrogen-bond donors (Lipinski definition) is 2. The van der Waals surface area contributed by atoms with Crippen molar-refractivity contribution in [1.82, 2.24) is 0 Å². The Kier molecular flexibility index (Phi) is 3.11. The lowest BCUT2D eigenvalue weighted by molar-refractivity contribution is -0.0761. The molecule has 0 amide bonds. The first-order chi connectivity index (χ1) is 9.95. The van der Waals surface area contributed by atoms with Crippen LogP contribution in [0.3, 0.4) is 0 Å². The van der Waals surface area contributed by atoms with E-state index in [4.69, 9.17) is 0 Å². The summed E-state index contributed by atoms with van der Waals surface area (Å²) in [6.45, 7) is 4.82. The highest BCUT2D eigenvalue weighted by atomic mass is 16.3. The summed E-state index contributed by atoms with van der Waals surface area (Å²) in [6.07, 6.45) is 11.2. The molecule has 2 N–H and O–H groups in total. The summed E-state index contributed by atoms with van der Waals surface area (Å²) in [5.74, 6) is 2.32. The van der Waals surface area contributed by atoms with Crippen molar-refractivity contribution in [3.05, 3.63) is 11.6 Å². The summed E-state index contributed by atoms with van der Waals surface area (Å²) < 4.78 is 0. The highest BCUT2D eigenvalue weighted by molar-refractivity contribution is 5.25. The number of aliphatic hydroxyl groups is 2. The fourth-order valence-corrected chi connectivity index (χ4v) is 6.68. The Balaban J connectivity index is 1.67. The lowest BCUT2D eigenvalue weighted by Crippen LogP contribution is -2.51. The number of fused-ring (bicyclic) bond motifs is 5. The lowest BCUT2D eigenvalue weighted by atomic mass is 9.47. The van der Waals surface area contributed by atoms with Gasteiger partial charge in [0.05, 0.1) is 12.2 Å². The minimum Gasteiger partial charge on any atom is -0.393 e. The Morgan fingerprint density at radius 2 is 1.76 bits per heavy atom. The van der Waals surface area contributed by atoms with E-state index in [0.717, 1.165) is 37.0 Å². The molecule has 4 rings (SSSR count). The molecule has 0 aromatic carbocycles. The van der Waals surface area contributed by atoms with Crippen molar-refractivity contribution in [2.75, 3.05) is 0 Å². The van der Waals surface area contributed by atoms with E-state index in [1.807, 2.05) is 0 Å². The van der Waals surface area contributed by atoms with Gasteiger partial charge in [-0.25, -0.2) is 0 Å². The summed E-state index contributed by atoms with van der Waals surface area (Å²) in [5.41, 5.74) is 2.06. The normalized spacial score (nSPS) is 56.2. The fourth-order valence-electron chi connectivity index (χ4n) is 6.68. The molecule has 3 saturated carbocycles.